The van der Waals surface area contributed by atoms with E-state index < -0.39 is 5.82 Å². The smallest absolute Gasteiger partial charge is 0.227 e. The molecule has 3 aromatic rings. The van der Waals surface area contributed by atoms with Crippen LogP contribution < -0.4 is 5.32 Å². The molecule has 0 saturated heterocycles. The Hall–Kier alpha value is -3.26. The van der Waals surface area contributed by atoms with Crippen LogP contribution in [-0.2, 0) is 4.79 Å². The van der Waals surface area contributed by atoms with Gasteiger partial charge in [0.1, 0.15) is 5.65 Å². The van der Waals surface area contributed by atoms with Crippen LogP contribution in [-0.4, -0.2) is 42.8 Å². The number of carbonyl (C=O) groups is 1. The zero-order valence-corrected chi connectivity index (χ0v) is 23.1. The Labute approximate surface area is 234 Å². The zero-order chi connectivity index (χ0) is 27.2. The van der Waals surface area contributed by atoms with Gasteiger partial charge < -0.3 is 15.2 Å². The Morgan fingerprint density at radius 3 is 2.90 bits per heavy atom. The standard InChI is InChI=1S/C30H36ClFN6O/c1-2-3-11-22(16-23-12-7-8-13-38(23)27(39)14-20-9-5-4-6-10-20)36-30-26(32)19-35-29(37-30)25-18-34-28-24(25)15-21(31)17-33-28/h7-8,12-13,15,17-20,22-23H,2-6,9-11,14,16H2,1H3,(H,33,34)(H,35,36,37)/t22?,23-/m0/s1. The minimum Gasteiger partial charge on any atom is -0.365 e. The molecular weight excluding hydrogens is 515 g/mol. The molecule has 7 nitrogen and oxygen atoms in total. The van der Waals surface area contributed by atoms with Gasteiger partial charge in [0.2, 0.25) is 5.91 Å². The number of amides is 1. The number of unbranched alkanes of at least 4 members (excludes halogenated alkanes) is 1. The minimum absolute atomic E-state index is 0.0765. The summed E-state index contributed by atoms with van der Waals surface area (Å²) in [6, 6.07) is 1.63. The Bertz CT molecular complexity index is 1350. The molecule has 2 aliphatic rings. The molecule has 2 N–H and O–H groups in total. The second-order valence-corrected chi connectivity index (χ2v) is 11.1. The first-order valence-corrected chi connectivity index (χ1v) is 14.5. The van der Waals surface area contributed by atoms with Gasteiger partial charge in [0.25, 0.3) is 0 Å². The molecule has 206 valence electrons. The number of anilines is 1. The fourth-order valence-corrected chi connectivity index (χ4v) is 5.85. The van der Waals surface area contributed by atoms with Crippen molar-refractivity contribution in [2.24, 2.45) is 5.92 Å². The van der Waals surface area contributed by atoms with E-state index in [9.17, 15) is 9.18 Å². The van der Waals surface area contributed by atoms with Crippen LogP contribution in [0.1, 0.15) is 71.1 Å². The molecule has 1 fully saturated rings. The molecule has 1 unspecified atom stereocenters. The highest BCUT2D eigenvalue weighted by Crippen LogP contribution is 2.30. The predicted molar refractivity (Wildman–Crippen MR) is 154 cm³/mol. The highest BCUT2D eigenvalue weighted by Gasteiger charge is 2.27. The molecule has 0 aromatic carbocycles. The SMILES string of the molecule is CCCCC(C[C@@H]1C=CC=CN1C(=O)CC1CCCCC1)Nc1nc(-c2c[nH]c3ncc(Cl)cc23)ncc1F. The first-order valence-electron chi connectivity index (χ1n) is 14.1. The lowest BCUT2D eigenvalue weighted by atomic mass is 9.86. The second kappa shape index (κ2) is 12.7. The van der Waals surface area contributed by atoms with Crippen LogP contribution in [0.5, 0.6) is 0 Å². The fraction of sp³-hybridized carbons (Fsp3) is 0.467. The largest absolute Gasteiger partial charge is 0.365 e. The molecule has 4 heterocycles. The summed E-state index contributed by atoms with van der Waals surface area (Å²) in [7, 11) is 0. The number of rotatable bonds is 10. The number of nitrogens with one attached hydrogen (secondary N) is 2. The van der Waals surface area contributed by atoms with Gasteiger partial charge in [-0.15, -0.1) is 0 Å². The van der Waals surface area contributed by atoms with Gasteiger partial charge in [0.15, 0.2) is 17.5 Å². The predicted octanol–water partition coefficient (Wildman–Crippen LogP) is 7.42. The molecule has 3 aromatic heterocycles. The van der Waals surface area contributed by atoms with E-state index in [4.69, 9.17) is 11.6 Å². The van der Waals surface area contributed by atoms with Crippen molar-refractivity contribution in [2.45, 2.75) is 83.2 Å². The third-order valence-electron chi connectivity index (χ3n) is 7.78. The normalized spacial score (nSPS) is 18.5. The maximum Gasteiger partial charge on any atom is 0.227 e. The van der Waals surface area contributed by atoms with Gasteiger partial charge in [-0.25, -0.2) is 19.3 Å². The molecule has 9 heteroatoms. The van der Waals surface area contributed by atoms with E-state index >= 15 is 0 Å². The van der Waals surface area contributed by atoms with Gasteiger partial charge in [-0.05, 0) is 43.7 Å². The maximum atomic E-state index is 15.0. The van der Waals surface area contributed by atoms with E-state index in [0.29, 0.717) is 40.8 Å². The third-order valence-corrected chi connectivity index (χ3v) is 7.99. The monoisotopic (exact) mass is 550 g/mol. The van der Waals surface area contributed by atoms with E-state index in [2.05, 4.69) is 38.3 Å². The number of halogens is 2. The van der Waals surface area contributed by atoms with Crippen molar-refractivity contribution in [1.82, 2.24) is 24.8 Å². The Balaban J connectivity index is 1.34. The molecule has 0 radical (unpaired) electrons. The summed E-state index contributed by atoms with van der Waals surface area (Å²) >= 11 is 6.16. The van der Waals surface area contributed by atoms with Crippen molar-refractivity contribution < 1.29 is 9.18 Å². The topological polar surface area (TPSA) is 86.8 Å². The lowest BCUT2D eigenvalue weighted by Gasteiger charge is -2.33. The molecule has 0 spiro atoms. The number of hydrogen-bond acceptors (Lipinski definition) is 5. The number of H-pyrrole nitrogens is 1. The van der Waals surface area contributed by atoms with Crippen molar-refractivity contribution in [3.05, 3.63) is 59.9 Å². The summed E-state index contributed by atoms with van der Waals surface area (Å²) in [6.45, 7) is 2.14. The van der Waals surface area contributed by atoms with Crippen molar-refractivity contribution in [3.8, 4) is 11.4 Å². The van der Waals surface area contributed by atoms with E-state index in [1.165, 1.54) is 25.5 Å². The number of hydrogen-bond donors (Lipinski definition) is 2. The number of aromatic nitrogens is 4. The fourth-order valence-electron chi connectivity index (χ4n) is 5.69. The summed E-state index contributed by atoms with van der Waals surface area (Å²) in [6.07, 6.45) is 22.5. The first-order chi connectivity index (χ1) is 19.0. The summed E-state index contributed by atoms with van der Waals surface area (Å²) in [4.78, 5) is 31.4. The lowest BCUT2D eigenvalue weighted by molar-refractivity contribution is -0.131. The van der Waals surface area contributed by atoms with Gasteiger partial charge in [-0.1, -0.05) is 62.8 Å². The van der Waals surface area contributed by atoms with Crippen molar-refractivity contribution in [2.75, 3.05) is 5.32 Å². The Morgan fingerprint density at radius 1 is 1.23 bits per heavy atom. The molecule has 2 atom stereocenters. The summed E-state index contributed by atoms with van der Waals surface area (Å²) in [5.74, 6) is 0.668. The Morgan fingerprint density at radius 2 is 2.08 bits per heavy atom. The van der Waals surface area contributed by atoms with Crippen LogP contribution in [0, 0.1) is 11.7 Å². The van der Waals surface area contributed by atoms with E-state index in [1.807, 2.05) is 23.3 Å². The van der Waals surface area contributed by atoms with Crippen LogP contribution >= 0.6 is 11.6 Å². The van der Waals surface area contributed by atoms with Crippen LogP contribution in [0.2, 0.25) is 5.02 Å². The van der Waals surface area contributed by atoms with E-state index in [-0.39, 0.29) is 23.8 Å². The van der Waals surface area contributed by atoms with Gasteiger partial charge >= 0.3 is 0 Å². The summed E-state index contributed by atoms with van der Waals surface area (Å²) in [5.41, 5.74) is 1.36. The summed E-state index contributed by atoms with van der Waals surface area (Å²) < 4.78 is 15.0. The van der Waals surface area contributed by atoms with Crippen molar-refractivity contribution >= 4 is 34.4 Å². The molecule has 5 rings (SSSR count). The highest BCUT2D eigenvalue weighted by atomic mass is 35.5. The number of pyridine rings is 1. The second-order valence-electron chi connectivity index (χ2n) is 10.7. The van der Waals surface area contributed by atoms with Gasteiger partial charge in [0, 0.05) is 42.0 Å². The number of aromatic amines is 1. The first kappa shape index (κ1) is 27.3. The van der Waals surface area contributed by atoms with E-state index in [0.717, 1.165) is 37.5 Å². The third kappa shape index (κ3) is 6.67. The Kier molecular flexibility index (Phi) is 8.91. The van der Waals surface area contributed by atoms with Crippen LogP contribution in [0.4, 0.5) is 10.2 Å². The van der Waals surface area contributed by atoms with Crippen molar-refractivity contribution in [3.63, 3.8) is 0 Å². The average Bonchev–Trinajstić information content (AvgIpc) is 3.36. The molecule has 1 aliphatic heterocycles. The highest BCUT2D eigenvalue weighted by molar-refractivity contribution is 6.31. The number of fused-ring (bicyclic) bond motifs is 1. The van der Waals surface area contributed by atoms with Crippen LogP contribution in [0.3, 0.4) is 0 Å². The molecular formula is C30H36ClFN6O. The van der Waals surface area contributed by atoms with Crippen LogP contribution in [0.25, 0.3) is 22.4 Å². The number of allylic oxidation sites excluding steroid dienone is 2. The minimum atomic E-state index is -0.513. The molecule has 0 bridgehead atoms. The number of carbonyl (C=O) groups excluding carboxylic acids is 1. The summed E-state index contributed by atoms with van der Waals surface area (Å²) in [5, 5.41) is 4.63. The number of nitrogens with zero attached hydrogens (tertiary/aromatic N) is 4. The van der Waals surface area contributed by atoms with Gasteiger partial charge in [0.05, 0.1) is 17.3 Å². The van der Waals surface area contributed by atoms with Gasteiger partial charge in [-0.3, -0.25) is 4.79 Å². The van der Waals surface area contributed by atoms with Crippen LogP contribution in [0.15, 0.2) is 49.1 Å². The molecule has 39 heavy (non-hydrogen) atoms. The van der Waals surface area contributed by atoms with Gasteiger partial charge in [-0.2, -0.15) is 0 Å². The zero-order valence-electron chi connectivity index (χ0n) is 22.4. The maximum absolute atomic E-state index is 15.0. The van der Waals surface area contributed by atoms with E-state index in [1.54, 1.807) is 18.5 Å². The quantitative estimate of drug-likeness (QED) is 0.274. The molecule has 1 amide bonds. The lowest BCUT2D eigenvalue weighted by Crippen LogP contribution is -2.40. The molecule has 1 aliphatic carbocycles. The van der Waals surface area contributed by atoms with Crippen molar-refractivity contribution in [1.29, 1.82) is 0 Å². The molecule has 1 saturated carbocycles. The average molecular weight is 551 g/mol.